The van der Waals surface area contributed by atoms with Crippen LogP contribution in [0.15, 0.2) is 47.8 Å². The molecular formula is C14H14N4O. The van der Waals surface area contributed by atoms with E-state index in [4.69, 9.17) is 0 Å². The van der Waals surface area contributed by atoms with Crippen LogP contribution in [0.4, 0.5) is 0 Å². The second-order valence-electron chi connectivity index (χ2n) is 3.97. The van der Waals surface area contributed by atoms with E-state index in [0.717, 1.165) is 11.8 Å². The molecule has 0 aliphatic heterocycles. The van der Waals surface area contributed by atoms with Gasteiger partial charge in [0.1, 0.15) is 5.82 Å². The van der Waals surface area contributed by atoms with Gasteiger partial charge in [0.25, 0.3) is 0 Å². The van der Waals surface area contributed by atoms with E-state index in [1.54, 1.807) is 35.7 Å². The number of hydrogen-bond donors (Lipinski definition) is 0. The summed E-state index contributed by atoms with van der Waals surface area (Å²) in [5.41, 5.74) is 1.41. The zero-order chi connectivity index (χ0) is 13.5. The number of rotatable bonds is 5. The van der Waals surface area contributed by atoms with Crippen LogP contribution in [0.2, 0.25) is 0 Å². The van der Waals surface area contributed by atoms with Crippen LogP contribution in [0.1, 0.15) is 21.7 Å². The maximum absolute atomic E-state index is 10.9. The lowest BCUT2D eigenvalue weighted by Crippen LogP contribution is -2.13. The summed E-state index contributed by atoms with van der Waals surface area (Å²) in [6.07, 6.45) is 5.87. The van der Waals surface area contributed by atoms with Gasteiger partial charge < -0.3 is 0 Å². The fraction of sp³-hybridized carbons (Fsp3) is 0.143. The summed E-state index contributed by atoms with van der Waals surface area (Å²) in [6, 6.07) is 9.07. The number of benzene rings is 1. The predicted octanol–water partition coefficient (Wildman–Crippen LogP) is 1.76. The van der Waals surface area contributed by atoms with Crippen LogP contribution in [0.3, 0.4) is 0 Å². The third kappa shape index (κ3) is 3.70. The molecule has 0 unspecified atom stereocenters. The number of aldehydes is 1. The number of hydrogen-bond acceptors (Lipinski definition) is 5. The molecule has 0 N–H and O–H groups in total. The molecule has 0 amide bonds. The Labute approximate surface area is 111 Å². The lowest BCUT2D eigenvalue weighted by molar-refractivity contribution is 0.112. The van der Waals surface area contributed by atoms with Gasteiger partial charge in [0, 0.05) is 30.6 Å². The molecule has 2 aromatic rings. The Morgan fingerprint density at radius 2 is 1.84 bits per heavy atom. The maximum Gasteiger partial charge on any atom is 0.150 e. The van der Waals surface area contributed by atoms with E-state index >= 15 is 0 Å². The monoisotopic (exact) mass is 254 g/mol. The predicted molar refractivity (Wildman–Crippen MR) is 72.9 cm³/mol. The fourth-order valence-corrected chi connectivity index (χ4v) is 1.55. The first kappa shape index (κ1) is 12.9. The van der Waals surface area contributed by atoms with E-state index in [-0.39, 0.29) is 0 Å². The molecule has 0 saturated heterocycles. The average molecular weight is 254 g/mol. The molecule has 19 heavy (non-hydrogen) atoms. The zero-order valence-corrected chi connectivity index (χ0v) is 10.6. The first-order valence-corrected chi connectivity index (χ1v) is 5.85. The van der Waals surface area contributed by atoms with Crippen molar-refractivity contribution in [3.05, 3.63) is 59.7 Å². The minimum absolute atomic E-state index is 0.514. The Bertz CT molecular complexity index is 569. The topological polar surface area (TPSA) is 58.5 Å². The van der Waals surface area contributed by atoms with Crippen molar-refractivity contribution in [3.63, 3.8) is 0 Å². The van der Waals surface area contributed by atoms with Crippen LogP contribution in [0.5, 0.6) is 0 Å². The molecule has 1 aromatic heterocycles. The van der Waals surface area contributed by atoms with Gasteiger partial charge in [-0.25, -0.2) is 9.97 Å². The molecule has 5 nitrogen and oxygen atoms in total. The standard InChI is InChI=1S/C14H14N4O/c1-18(10-14-15-7-4-8-16-14)17-9-12-5-2-3-6-13(12)11-19/h2-9,11H,10H2,1H3/b17-9-. The highest BCUT2D eigenvalue weighted by atomic mass is 16.1. The second kappa shape index (κ2) is 6.39. The summed E-state index contributed by atoms with van der Waals surface area (Å²) in [5.74, 6) is 0.700. The zero-order valence-electron chi connectivity index (χ0n) is 10.6. The molecule has 96 valence electrons. The lowest BCUT2D eigenvalue weighted by atomic mass is 10.1. The third-order valence-corrected chi connectivity index (χ3v) is 2.51. The van der Waals surface area contributed by atoms with Gasteiger partial charge in [-0.1, -0.05) is 24.3 Å². The molecule has 0 fully saturated rings. The number of aromatic nitrogens is 2. The van der Waals surface area contributed by atoms with Gasteiger partial charge >= 0.3 is 0 Å². The van der Waals surface area contributed by atoms with Crippen molar-refractivity contribution in [2.45, 2.75) is 6.54 Å². The maximum atomic E-state index is 10.9. The van der Waals surface area contributed by atoms with Crippen LogP contribution in [0, 0.1) is 0 Å². The van der Waals surface area contributed by atoms with Gasteiger partial charge in [-0.3, -0.25) is 9.80 Å². The Morgan fingerprint density at radius 1 is 1.16 bits per heavy atom. The lowest BCUT2D eigenvalue weighted by Gasteiger charge is -2.11. The number of hydrazone groups is 1. The molecule has 0 saturated carbocycles. The van der Waals surface area contributed by atoms with E-state index in [0.29, 0.717) is 17.9 Å². The minimum Gasteiger partial charge on any atom is -0.298 e. The van der Waals surface area contributed by atoms with Gasteiger partial charge in [-0.15, -0.1) is 0 Å². The Hall–Kier alpha value is -2.56. The van der Waals surface area contributed by atoms with Crippen molar-refractivity contribution in [1.29, 1.82) is 0 Å². The van der Waals surface area contributed by atoms with Crippen LogP contribution in [0.25, 0.3) is 0 Å². The van der Waals surface area contributed by atoms with E-state index < -0.39 is 0 Å². The largest absolute Gasteiger partial charge is 0.298 e. The Balaban J connectivity index is 2.04. The van der Waals surface area contributed by atoms with Gasteiger partial charge in [-0.05, 0) is 6.07 Å². The molecule has 2 rings (SSSR count). The van der Waals surface area contributed by atoms with Crippen LogP contribution in [-0.4, -0.2) is 34.5 Å². The molecular weight excluding hydrogens is 240 g/mol. The normalized spacial score (nSPS) is 10.6. The summed E-state index contributed by atoms with van der Waals surface area (Å²) < 4.78 is 0. The van der Waals surface area contributed by atoms with Gasteiger partial charge in [0.2, 0.25) is 0 Å². The van der Waals surface area contributed by atoms with E-state index in [1.807, 2.05) is 25.2 Å². The van der Waals surface area contributed by atoms with Gasteiger partial charge in [0.15, 0.2) is 6.29 Å². The first-order chi connectivity index (χ1) is 9.29. The van der Waals surface area contributed by atoms with Gasteiger partial charge in [0.05, 0.1) is 12.8 Å². The highest BCUT2D eigenvalue weighted by molar-refractivity contribution is 5.92. The minimum atomic E-state index is 0.514. The molecule has 0 atom stereocenters. The molecule has 0 radical (unpaired) electrons. The molecule has 0 aliphatic rings. The van der Waals surface area contributed by atoms with Crippen LogP contribution >= 0.6 is 0 Å². The van der Waals surface area contributed by atoms with Crippen molar-refractivity contribution < 1.29 is 4.79 Å². The molecule has 5 heteroatoms. The van der Waals surface area contributed by atoms with Crippen molar-refractivity contribution in [2.75, 3.05) is 7.05 Å². The molecule has 0 spiro atoms. The molecule has 1 heterocycles. The summed E-state index contributed by atoms with van der Waals surface area (Å²) in [6.45, 7) is 0.514. The summed E-state index contributed by atoms with van der Waals surface area (Å²) in [5, 5.41) is 5.99. The number of nitrogens with zero attached hydrogens (tertiary/aromatic N) is 4. The summed E-state index contributed by atoms with van der Waals surface area (Å²) in [4.78, 5) is 19.1. The second-order valence-corrected chi connectivity index (χ2v) is 3.97. The van der Waals surface area contributed by atoms with Gasteiger partial charge in [-0.2, -0.15) is 5.10 Å². The van der Waals surface area contributed by atoms with Crippen LogP contribution in [-0.2, 0) is 6.54 Å². The molecule has 0 aliphatic carbocycles. The van der Waals surface area contributed by atoms with Crippen molar-refractivity contribution in [2.24, 2.45) is 5.10 Å². The Kier molecular flexibility index (Phi) is 4.34. The number of carbonyl (C=O) groups excluding carboxylic acids is 1. The number of carbonyl (C=O) groups is 1. The highest BCUT2D eigenvalue weighted by Crippen LogP contribution is 2.04. The Morgan fingerprint density at radius 3 is 2.53 bits per heavy atom. The van der Waals surface area contributed by atoms with Crippen molar-refractivity contribution >= 4 is 12.5 Å². The SMILES string of the molecule is CN(Cc1ncccn1)/N=C\c1ccccc1C=O. The van der Waals surface area contributed by atoms with Crippen molar-refractivity contribution in [1.82, 2.24) is 15.0 Å². The summed E-state index contributed by atoms with van der Waals surface area (Å²) >= 11 is 0. The van der Waals surface area contributed by atoms with E-state index in [2.05, 4.69) is 15.1 Å². The summed E-state index contributed by atoms with van der Waals surface area (Å²) in [7, 11) is 1.83. The average Bonchev–Trinajstić information content (AvgIpc) is 2.46. The fourth-order valence-electron chi connectivity index (χ4n) is 1.55. The quantitative estimate of drug-likeness (QED) is 0.463. The van der Waals surface area contributed by atoms with E-state index in [1.165, 1.54) is 0 Å². The third-order valence-electron chi connectivity index (χ3n) is 2.51. The molecule has 1 aromatic carbocycles. The van der Waals surface area contributed by atoms with Crippen LogP contribution < -0.4 is 0 Å². The molecule has 0 bridgehead atoms. The van der Waals surface area contributed by atoms with E-state index in [9.17, 15) is 4.79 Å². The smallest absolute Gasteiger partial charge is 0.150 e. The van der Waals surface area contributed by atoms with Crippen molar-refractivity contribution in [3.8, 4) is 0 Å². The first-order valence-electron chi connectivity index (χ1n) is 5.85. The highest BCUT2D eigenvalue weighted by Gasteiger charge is 2.00.